The predicted octanol–water partition coefficient (Wildman–Crippen LogP) is -1.21. The van der Waals surface area contributed by atoms with Gasteiger partial charge in [0.1, 0.15) is 17.8 Å². The lowest BCUT2D eigenvalue weighted by atomic mass is 10.1. The second-order valence-electron chi connectivity index (χ2n) is 6.94. The Kier molecular flexibility index (Phi) is 8.93. The molecule has 0 aliphatic carbocycles. The van der Waals surface area contributed by atoms with Crippen LogP contribution in [0.2, 0.25) is 0 Å². The van der Waals surface area contributed by atoms with Crippen molar-refractivity contribution in [2.24, 2.45) is 0 Å². The van der Waals surface area contributed by atoms with E-state index >= 15 is 0 Å². The maximum absolute atomic E-state index is 12.4. The zero-order chi connectivity index (χ0) is 22.1. The number of amides is 3. The van der Waals surface area contributed by atoms with E-state index in [2.05, 4.69) is 33.9 Å². The third kappa shape index (κ3) is 7.23. The van der Waals surface area contributed by atoms with Crippen molar-refractivity contribution in [1.29, 1.82) is 0 Å². The third-order valence-corrected chi connectivity index (χ3v) is 4.99. The molecule has 164 valence electrons. The maximum Gasteiger partial charge on any atom is 0.326 e. The summed E-state index contributed by atoms with van der Waals surface area (Å²) in [5.41, 5.74) is 0.607. The first kappa shape index (κ1) is 23.5. The molecule has 1 aliphatic heterocycles. The number of phenolic OH excluding ortho intramolecular Hbond substituents is 1. The Balaban J connectivity index is 1.86. The van der Waals surface area contributed by atoms with Crippen LogP contribution in [0.3, 0.4) is 0 Å². The number of carbonyl (C=O) groups is 4. The van der Waals surface area contributed by atoms with E-state index in [9.17, 15) is 29.4 Å². The lowest BCUT2D eigenvalue weighted by Gasteiger charge is -2.20. The monoisotopic (exact) mass is 438 g/mol. The van der Waals surface area contributed by atoms with Gasteiger partial charge in [-0.3, -0.25) is 14.4 Å². The molecule has 0 spiro atoms. The van der Waals surface area contributed by atoms with Crippen molar-refractivity contribution in [2.75, 3.05) is 18.8 Å². The van der Waals surface area contributed by atoms with Crippen molar-refractivity contribution in [3.8, 4) is 5.75 Å². The number of benzene rings is 1. The Morgan fingerprint density at radius 3 is 2.40 bits per heavy atom. The van der Waals surface area contributed by atoms with Gasteiger partial charge in [0.15, 0.2) is 0 Å². The van der Waals surface area contributed by atoms with Crippen molar-refractivity contribution < 1.29 is 29.4 Å². The average molecular weight is 439 g/mol. The molecule has 1 aromatic carbocycles. The number of carbonyl (C=O) groups excluding carboxylic acids is 3. The molecule has 3 atom stereocenters. The average Bonchev–Trinajstić information content (AvgIpc) is 3.26. The molecule has 0 bridgehead atoms. The highest BCUT2D eigenvalue weighted by molar-refractivity contribution is 7.80. The highest BCUT2D eigenvalue weighted by Crippen LogP contribution is 2.11. The first-order valence-corrected chi connectivity index (χ1v) is 10.2. The van der Waals surface area contributed by atoms with E-state index < -0.39 is 29.9 Å². The van der Waals surface area contributed by atoms with Crippen LogP contribution < -0.4 is 21.3 Å². The van der Waals surface area contributed by atoms with Gasteiger partial charge in [0.25, 0.3) is 0 Å². The van der Waals surface area contributed by atoms with Gasteiger partial charge in [0, 0.05) is 12.2 Å². The summed E-state index contributed by atoms with van der Waals surface area (Å²) in [6.45, 7) is 0.450. The van der Waals surface area contributed by atoms with E-state index in [1.54, 1.807) is 12.1 Å². The minimum Gasteiger partial charge on any atom is -0.508 e. The fourth-order valence-corrected chi connectivity index (χ4v) is 3.24. The van der Waals surface area contributed by atoms with Crippen LogP contribution in [0.25, 0.3) is 0 Å². The van der Waals surface area contributed by atoms with Crippen molar-refractivity contribution in [3.05, 3.63) is 29.8 Å². The van der Waals surface area contributed by atoms with Crippen LogP contribution in [-0.2, 0) is 25.6 Å². The van der Waals surface area contributed by atoms with Crippen molar-refractivity contribution in [2.45, 2.75) is 37.4 Å². The molecule has 1 aromatic rings. The summed E-state index contributed by atoms with van der Waals surface area (Å²) in [6, 6.07) is 3.33. The molecule has 1 heterocycles. The topological polar surface area (TPSA) is 157 Å². The summed E-state index contributed by atoms with van der Waals surface area (Å²) >= 11 is 4.05. The fraction of sp³-hybridized carbons (Fsp3) is 0.474. The molecule has 10 nitrogen and oxygen atoms in total. The number of rotatable bonds is 10. The Hall–Kier alpha value is -2.79. The SMILES string of the molecule is O=C(CNC(=O)C1CCCN1)NC(CS)C(=O)NC(Cc1ccc(O)cc1)C(=O)O. The molecule has 0 saturated carbocycles. The van der Waals surface area contributed by atoms with Gasteiger partial charge in [-0.1, -0.05) is 12.1 Å². The summed E-state index contributed by atoms with van der Waals surface area (Å²) in [6.07, 6.45) is 1.59. The number of carboxylic acid groups (broad SMARTS) is 1. The quantitative estimate of drug-likeness (QED) is 0.226. The first-order valence-electron chi connectivity index (χ1n) is 9.52. The smallest absolute Gasteiger partial charge is 0.326 e. The van der Waals surface area contributed by atoms with Crippen LogP contribution in [0.15, 0.2) is 24.3 Å². The van der Waals surface area contributed by atoms with Crippen LogP contribution in [0.4, 0.5) is 0 Å². The second-order valence-corrected chi connectivity index (χ2v) is 7.30. The molecule has 1 aliphatic rings. The highest BCUT2D eigenvalue weighted by atomic mass is 32.1. The number of hydrogen-bond acceptors (Lipinski definition) is 7. The van der Waals surface area contributed by atoms with E-state index in [0.717, 1.165) is 13.0 Å². The summed E-state index contributed by atoms with van der Waals surface area (Å²) in [7, 11) is 0. The Labute approximate surface area is 179 Å². The van der Waals surface area contributed by atoms with Gasteiger partial charge in [-0.15, -0.1) is 0 Å². The van der Waals surface area contributed by atoms with Crippen LogP contribution in [-0.4, -0.2) is 70.9 Å². The second kappa shape index (κ2) is 11.4. The summed E-state index contributed by atoms with van der Waals surface area (Å²) in [5, 5.41) is 29.1. The van der Waals surface area contributed by atoms with Gasteiger partial charge >= 0.3 is 5.97 Å². The molecule has 0 radical (unpaired) electrons. The minimum atomic E-state index is -1.24. The van der Waals surface area contributed by atoms with Crippen LogP contribution >= 0.6 is 12.6 Å². The van der Waals surface area contributed by atoms with E-state index in [1.165, 1.54) is 12.1 Å². The standard InChI is InChI=1S/C19H26N4O6S/c24-12-5-3-11(4-6-12)8-14(19(28)29)23-18(27)15(10-30)22-16(25)9-21-17(26)13-2-1-7-20-13/h3-6,13-15,20,24,30H,1-2,7-10H2,(H,21,26)(H,22,25)(H,23,27)(H,28,29). The van der Waals surface area contributed by atoms with E-state index in [-0.39, 0.29) is 36.4 Å². The number of carboxylic acids is 1. The summed E-state index contributed by atoms with van der Waals surface area (Å²) in [5.74, 6) is -2.81. The molecule has 1 saturated heterocycles. The van der Waals surface area contributed by atoms with Gasteiger partial charge in [0.05, 0.1) is 12.6 Å². The van der Waals surface area contributed by atoms with Crippen LogP contribution in [0, 0.1) is 0 Å². The third-order valence-electron chi connectivity index (χ3n) is 4.63. The van der Waals surface area contributed by atoms with E-state index in [4.69, 9.17) is 0 Å². The van der Waals surface area contributed by atoms with Crippen LogP contribution in [0.1, 0.15) is 18.4 Å². The molecule has 6 N–H and O–H groups in total. The molecule has 3 amide bonds. The molecule has 30 heavy (non-hydrogen) atoms. The lowest BCUT2D eigenvalue weighted by molar-refractivity contribution is -0.142. The molecule has 3 unspecified atom stereocenters. The van der Waals surface area contributed by atoms with E-state index in [0.29, 0.717) is 12.0 Å². The molecule has 2 rings (SSSR count). The zero-order valence-corrected chi connectivity index (χ0v) is 17.2. The number of phenols is 1. The normalized spacial score (nSPS) is 17.6. The minimum absolute atomic E-state index is 0.000955. The first-order chi connectivity index (χ1) is 14.3. The lowest BCUT2D eigenvalue weighted by Crippen LogP contribution is -2.54. The Morgan fingerprint density at radius 2 is 1.83 bits per heavy atom. The molecule has 11 heteroatoms. The summed E-state index contributed by atoms with van der Waals surface area (Å²) in [4.78, 5) is 48.0. The molecular formula is C19H26N4O6S. The van der Waals surface area contributed by atoms with Crippen molar-refractivity contribution >= 4 is 36.3 Å². The zero-order valence-electron chi connectivity index (χ0n) is 16.3. The summed E-state index contributed by atoms with van der Waals surface area (Å²) < 4.78 is 0. The molecule has 1 fully saturated rings. The number of aliphatic carboxylic acids is 1. The largest absolute Gasteiger partial charge is 0.508 e. The van der Waals surface area contributed by atoms with Crippen molar-refractivity contribution in [1.82, 2.24) is 21.3 Å². The number of nitrogens with one attached hydrogen (secondary N) is 4. The van der Waals surface area contributed by atoms with Gasteiger partial charge in [-0.25, -0.2) is 4.79 Å². The fourth-order valence-electron chi connectivity index (χ4n) is 2.98. The van der Waals surface area contributed by atoms with Gasteiger partial charge in [0.2, 0.25) is 17.7 Å². The van der Waals surface area contributed by atoms with Gasteiger partial charge < -0.3 is 31.5 Å². The number of aromatic hydroxyl groups is 1. The van der Waals surface area contributed by atoms with Gasteiger partial charge in [-0.2, -0.15) is 12.6 Å². The Morgan fingerprint density at radius 1 is 1.13 bits per heavy atom. The van der Waals surface area contributed by atoms with Gasteiger partial charge in [-0.05, 0) is 37.1 Å². The van der Waals surface area contributed by atoms with E-state index in [1.807, 2.05) is 0 Å². The van der Waals surface area contributed by atoms with Crippen molar-refractivity contribution in [3.63, 3.8) is 0 Å². The van der Waals surface area contributed by atoms with Crippen LogP contribution in [0.5, 0.6) is 5.75 Å². The molecule has 0 aromatic heterocycles. The molecular weight excluding hydrogens is 412 g/mol. The Bertz CT molecular complexity index is 767. The number of hydrogen-bond donors (Lipinski definition) is 7. The number of thiol groups is 1. The predicted molar refractivity (Wildman–Crippen MR) is 111 cm³/mol. The maximum atomic E-state index is 12.4. The highest BCUT2D eigenvalue weighted by Gasteiger charge is 2.27.